The molecule has 0 N–H and O–H groups in total. The van der Waals surface area contributed by atoms with Crippen LogP contribution in [0.25, 0.3) is 0 Å². The molecule has 0 radical (unpaired) electrons. The van der Waals surface area contributed by atoms with Crippen LogP contribution in [0.2, 0.25) is 0 Å². The maximum atomic E-state index is 12.6. The molecule has 1 aromatic rings. The van der Waals surface area contributed by atoms with E-state index in [4.69, 9.17) is 9.47 Å². The van der Waals surface area contributed by atoms with E-state index in [9.17, 15) is 9.59 Å². The molecule has 2 fully saturated rings. The Kier molecular flexibility index (Phi) is 4.14. The van der Waals surface area contributed by atoms with Crippen LogP contribution in [0.1, 0.15) is 32.8 Å². The van der Waals surface area contributed by atoms with Crippen LogP contribution in [0.15, 0.2) is 30.3 Å². The van der Waals surface area contributed by atoms with Crippen molar-refractivity contribution in [2.75, 3.05) is 6.61 Å². The second kappa shape index (κ2) is 5.83. The predicted molar refractivity (Wildman–Crippen MR) is 87.5 cm³/mol. The Balaban J connectivity index is 1.75. The molecule has 0 bridgehead atoms. The van der Waals surface area contributed by atoms with Gasteiger partial charge in [-0.2, -0.15) is 0 Å². The summed E-state index contributed by atoms with van der Waals surface area (Å²) in [6.45, 7) is 6.51. The molecule has 2 aliphatic heterocycles. The number of hydrogen-bond acceptors (Lipinski definition) is 5. The molecular formula is C17H21NO4S. The van der Waals surface area contributed by atoms with Crippen molar-refractivity contribution in [3.63, 3.8) is 0 Å². The third-order valence-electron chi connectivity index (χ3n) is 4.17. The molecular weight excluding hydrogens is 314 g/mol. The molecule has 0 saturated carbocycles. The van der Waals surface area contributed by atoms with Crippen LogP contribution in [0.3, 0.4) is 0 Å². The van der Waals surface area contributed by atoms with Crippen molar-refractivity contribution >= 4 is 23.6 Å². The van der Waals surface area contributed by atoms with E-state index in [0.29, 0.717) is 13.0 Å². The molecule has 2 saturated heterocycles. The maximum Gasteiger partial charge on any atom is 0.330 e. The van der Waals surface area contributed by atoms with Crippen LogP contribution in [-0.4, -0.2) is 39.2 Å². The van der Waals surface area contributed by atoms with E-state index in [2.05, 4.69) is 0 Å². The molecule has 0 aliphatic carbocycles. The van der Waals surface area contributed by atoms with Gasteiger partial charge in [0.2, 0.25) is 11.0 Å². The maximum absolute atomic E-state index is 12.6. The molecule has 3 rings (SSSR count). The SMILES string of the molecule is CCOC12CC(=O)N1[C@@H](C(=O)OCc1ccccc1)C(C)(C)S2. The molecule has 23 heavy (non-hydrogen) atoms. The van der Waals surface area contributed by atoms with E-state index >= 15 is 0 Å². The molecule has 5 nitrogen and oxygen atoms in total. The number of carbonyl (C=O) groups is 2. The first kappa shape index (κ1) is 16.3. The van der Waals surface area contributed by atoms with Crippen molar-refractivity contribution in [1.29, 1.82) is 0 Å². The van der Waals surface area contributed by atoms with Gasteiger partial charge in [-0.3, -0.25) is 9.69 Å². The van der Waals surface area contributed by atoms with Crippen molar-refractivity contribution in [2.45, 2.75) is 49.6 Å². The van der Waals surface area contributed by atoms with Gasteiger partial charge in [0.1, 0.15) is 12.6 Å². The number of esters is 1. The number of thioether (sulfide) groups is 1. The number of nitrogens with zero attached hydrogens (tertiary/aromatic N) is 1. The van der Waals surface area contributed by atoms with Gasteiger partial charge in [-0.15, -0.1) is 0 Å². The Morgan fingerprint density at radius 3 is 2.65 bits per heavy atom. The first-order valence-electron chi connectivity index (χ1n) is 7.76. The third kappa shape index (κ3) is 2.74. The zero-order valence-corrected chi connectivity index (χ0v) is 14.4. The summed E-state index contributed by atoms with van der Waals surface area (Å²) < 4.78 is 10.8. The highest BCUT2D eigenvalue weighted by atomic mass is 32.2. The number of fused-ring (bicyclic) bond motifs is 1. The van der Waals surface area contributed by atoms with Crippen LogP contribution in [0.4, 0.5) is 0 Å². The van der Waals surface area contributed by atoms with Gasteiger partial charge in [-0.25, -0.2) is 4.79 Å². The van der Waals surface area contributed by atoms with Crippen molar-refractivity contribution in [3.8, 4) is 0 Å². The lowest BCUT2D eigenvalue weighted by Crippen LogP contribution is -2.65. The summed E-state index contributed by atoms with van der Waals surface area (Å²) in [6.07, 6.45) is 0.317. The Morgan fingerprint density at radius 1 is 1.35 bits per heavy atom. The molecule has 124 valence electrons. The quantitative estimate of drug-likeness (QED) is 0.611. The van der Waals surface area contributed by atoms with Gasteiger partial charge in [0.05, 0.1) is 6.42 Å². The zero-order valence-electron chi connectivity index (χ0n) is 13.6. The molecule has 2 heterocycles. The summed E-state index contributed by atoms with van der Waals surface area (Å²) in [4.78, 5) is 26.3. The molecule has 0 aromatic heterocycles. The average Bonchev–Trinajstić information content (AvgIpc) is 2.69. The third-order valence-corrected chi connectivity index (χ3v) is 5.69. The number of benzene rings is 1. The van der Waals surface area contributed by atoms with Crippen LogP contribution in [0, 0.1) is 0 Å². The molecule has 2 atom stereocenters. The molecule has 1 amide bonds. The Labute approximate surface area is 140 Å². The highest BCUT2D eigenvalue weighted by molar-refractivity contribution is 8.02. The van der Waals surface area contributed by atoms with Crippen molar-refractivity contribution in [3.05, 3.63) is 35.9 Å². The summed E-state index contributed by atoms with van der Waals surface area (Å²) >= 11 is 1.53. The molecule has 6 heteroatoms. The van der Waals surface area contributed by atoms with E-state index in [1.165, 1.54) is 11.8 Å². The van der Waals surface area contributed by atoms with E-state index in [1.807, 2.05) is 51.1 Å². The highest BCUT2D eigenvalue weighted by Gasteiger charge is 2.69. The lowest BCUT2D eigenvalue weighted by molar-refractivity contribution is -0.195. The fraction of sp³-hybridized carbons (Fsp3) is 0.529. The number of β-lactam (4-membered cyclic amide) rings is 1. The summed E-state index contributed by atoms with van der Waals surface area (Å²) in [5.41, 5.74) is 0.926. The monoisotopic (exact) mass is 335 g/mol. The Morgan fingerprint density at radius 2 is 2.04 bits per heavy atom. The topological polar surface area (TPSA) is 55.8 Å². The first-order chi connectivity index (χ1) is 10.9. The van der Waals surface area contributed by atoms with Crippen molar-refractivity contribution in [1.82, 2.24) is 4.90 Å². The van der Waals surface area contributed by atoms with E-state index in [-0.39, 0.29) is 18.5 Å². The van der Waals surface area contributed by atoms with Gasteiger partial charge < -0.3 is 9.47 Å². The number of carbonyl (C=O) groups excluding carboxylic acids is 2. The molecule has 2 aliphatic rings. The minimum Gasteiger partial charge on any atom is -0.459 e. The summed E-state index contributed by atoms with van der Waals surface area (Å²) in [5.74, 6) is -0.431. The smallest absolute Gasteiger partial charge is 0.330 e. The number of amides is 1. The van der Waals surface area contributed by atoms with Gasteiger partial charge in [0.25, 0.3) is 0 Å². The van der Waals surface area contributed by atoms with E-state index < -0.39 is 15.8 Å². The number of hydrogen-bond donors (Lipinski definition) is 0. The Bertz CT molecular complexity index is 618. The largest absolute Gasteiger partial charge is 0.459 e. The van der Waals surface area contributed by atoms with Crippen LogP contribution >= 0.6 is 11.8 Å². The van der Waals surface area contributed by atoms with Gasteiger partial charge in [0, 0.05) is 11.4 Å². The van der Waals surface area contributed by atoms with Gasteiger partial charge in [-0.05, 0) is 26.3 Å². The fourth-order valence-corrected chi connectivity index (χ4v) is 5.05. The summed E-state index contributed by atoms with van der Waals surface area (Å²) in [5, 5.41) is -0.703. The molecule has 1 aromatic carbocycles. The van der Waals surface area contributed by atoms with E-state index in [0.717, 1.165) is 5.56 Å². The fourth-order valence-electron chi connectivity index (χ4n) is 3.24. The lowest BCUT2D eigenvalue weighted by Gasteiger charge is -2.46. The van der Waals surface area contributed by atoms with Gasteiger partial charge in [0.15, 0.2) is 0 Å². The van der Waals surface area contributed by atoms with Crippen LogP contribution in [0.5, 0.6) is 0 Å². The van der Waals surface area contributed by atoms with Crippen LogP contribution in [-0.2, 0) is 25.7 Å². The van der Waals surface area contributed by atoms with Gasteiger partial charge in [-0.1, -0.05) is 42.1 Å². The first-order valence-corrected chi connectivity index (χ1v) is 8.58. The highest BCUT2D eigenvalue weighted by Crippen LogP contribution is 2.59. The van der Waals surface area contributed by atoms with Crippen molar-refractivity contribution in [2.24, 2.45) is 0 Å². The average molecular weight is 335 g/mol. The number of ether oxygens (including phenoxy) is 2. The molecule has 0 spiro atoms. The van der Waals surface area contributed by atoms with E-state index in [1.54, 1.807) is 4.90 Å². The minimum atomic E-state index is -0.703. The Hall–Kier alpha value is -1.53. The lowest BCUT2D eigenvalue weighted by atomic mass is 9.97. The second-order valence-corrected chi connectivity index (χ2v) is 8.18. The standard InChI is InChI=1S/C17H21NO4S/c1-4-22-17-10-13(19)18(17)14(16(2,3)23-17)15(20)21-11-12-8-6-5-7-9-12/h5-9,14H,4,10-11H2,1-3H3/t14-,17?/m0/s1. The molecule has 1 unspecified atom stereocenters. The number of rotatable bonds is 5. The van der Waals surface area contributed by atoms with Gasteiger partial charge >= 0.3 is 5.97 Å². The summed E-state index contributed by atoms with van der Waals surface area (Å²) in [6, 6.07) is 8.90. The zero-order chi connectivity index (χ0) is 16.7. The second-order valence-electron chi connectivity index (χ2n) is 6.29. The normalized spacial score (nSPS) is 28.2. The minimum absolute atomic E-state index is 0.0572. The predicted octanol–water partition coefficient (Wildman–Crippen LogP) is 2.55. The summed E-state index contributed by atoms with van der Waals surface area (Å²) in [7, 11) is 0. The van der Waals surface area contributed by atoms with Crippen LogP contribution < -0.4 is 0 Å². The van der Waals surface area contributed by atoms with Crippen molar-refractivity contribution < 1.29 is 19.1 Å².